The molecule has 0 bridgehead atoms. The first-order valence-electron chi connectivity index (χ1n) is 9.14. The van der Waals surface area contributed by atoms with Crippen molar-refractivity contribution in [1.82, 2.24) is 15.0 Å². The van der Waals surface area contributed by atoms with Gasteiger partial charge in [0, 0.05) is 30.3 Å². The van der Waals surface area contributed by atoms with Crippen LogP contribution in [0.2, 0.25) is 0 Å². The highest BCUT2D eigenvalue weighted by atomic mass is 79.9. The van der Waals surface area contributed by atoms with Crippen LogP contribution in [-0.4, -0.2) is 47.8 Å². The summed E-state index contributed by atoms with van der Waals surface area (Å²) in [6, 6.07) is 10.6. The Morgan fingerprint density at radius 3 is 2.85 bits per heavy atom. The van der Waals surface area contributed by atoms with Gasteiger partial charge in [-0.1, -0.05) is 29.8 Å². The highest BCUT2D eigenvalue weighted by molar-refractivity contribution is 9.10. The van der Waals surface area contributed by atoms with Crippen LogP contribution in [0.25, 0.3) is 11.0 Å². The van der Waals surface area contributed by atoms with Gasteiger partial charge < -0.3 is 15.0 Å². The third-order valence-corrected chi connectivity index (χ3v) is 5.01. The Bertz CT molecular complexity index is 943. The van der Waals surface area contributed by atoms with E-state index >= 15 is 0 Å². The SMILES string of the molecule is Cc1cccc(CCNc2nc(N3CCOCC3)c3ncc(Br)cc3n2)c1. The van der Waals surface area contributed by atoms with Gasteiger partial charge in [0.15, 0.2) is 5.82 Å². The van der Waals surface area contributed by atoms with Crippen molar-refractivity contribution in [2.24, 2.45) is 0 Å². The van der Waals surface area contributed by atoms with Gasteiger partial charge in [-0.15, -0.1) is 0 Å². The molecule has 1 aliphatic rings. The van der Waals surface area contributed by atoms with Gasteiger partial charge in [-0.3, -0.25) is 0 Å². The molecule has 0 atom stereocenters. The summed E-state index contributed by atoms with van der Waals surface area (Å²) in [5.41, 5.74) is 4.24. The molecular formula is C20H22BrN5O. The van der Waals surface area contributed by atoms with E-state index in [1.54, 1.807) is 6.20 Å². The average Bonchev–Trinajstić information content (AvgIpc) is 2.68. The minimum Gasteiger partial charge on any atom is -0.378 e. The normalized spacial score (nSPS) is 14.5. The van der Waals surface area contributed by atoms with Crippen LogP contribution in [0, 0.1) is 6.92 Å². The first-order chi connectivity index (χ1) is 13.2. The van der Waals surface area contributed by atoms with E-state index in [-0.39, 0.29) is 0 Å². The van der Waals surface area contributed by atoms with Crippen LogP contribution in [0.4, 0.5) is 11.8 Å². The molecule has 0 spiro atoms. The molecule has 3 aromatic rings. The van der Waals surface area contributed by atoms with Gasteiger partial charge in [-0.2, -0.15) is 4.98 Å². The molecule has 0 amide bonds. The molecular weight excluding hydrogens is 406 g/mol. The number of aryl methyl sites for hydroxylation is 1. The lowest BCUT2D eigenvalue weighted by Gasteiger charge is -2.28. The maximum Gasteiger partial charge on any atom is 0.225 e. The molecule has 1 aliphatic heterocycles. The number of fused-ring (bicyclic) bond motifs is 1. The van der Waals surface area contributed by atoms with Crippen molar-refractivity contribution in [2.45, 2.75) is 13.3 Å². The fourth-order valence-electron chi connectivity index (χ4n) is 3.24. The van der Waals surface area contributed by atoms with E-state index in [4.69, 9.17) is 9.72 Å². The van der Waals surface area contributed by atoms with Gasteiger partial charge in [0.2, 0.25) is 5.95 Å². The number of hydrogen-bond acceptors (Lipinski definition) is 6. The number of aromatic nitrogens is 3. The molecule has 27 heavy (non-hydrogen) atoms. The van der Waals surface area contributed by atoms with E-state index in [9.17, 15) is 0 Å². The van der Waals surface area contributed by atoms with E-state index < -0.39 is 0 Å². The minimum absolute atomic E-state index is 0.636. The average molecular weight is 428 g/mol. The second kappa shape index (κ2) is 8.19. The molecule has 4 rings (SSSR count). The molecule has 2 aromatic heterocycles. The Morgan fingerprint density at radius 1 is 1.19 bits per heavy atom. The van der Waals surface area contributed by atoms with E-state index in [0.29, 0.717) is 19.2 Å². The summed E-state index contributed by atoms with van der Waals surface area (Å²) in [6.07, 6.45) is 2.72. The molecule has 0 unspecified atom stereocenters. The maximum absolute atomic E-state index is 5.48. The van der Waals surface area contributed by atoms with Crippen LogP contribution < -0.4 is 10.2 Å². The Morgan fingerprint density at radius 2 is 2.04 bits per heavy atom. The van der Waals surface area contributed by atoms with Gasteiger partial charge in [-0.05, 0) is 40.9 Å². The summed E-state index contributed by atoms with van der Waals surface area (Å²) in [5, 5.41) is 3.38. The van der Waals surface area contributed by atoms with Gasteiger partial charge in [0.1, 0.15) is 5.52 Å². The van der Waals surface area contributed by atoms with Crippen molar-refractivity contribution in [3.63, 3.8) is 0 Å². The van der Waals surface area contributed by atoms with Gasteiger partial charge in [0.05, 0.1) is 18.7 Å². The number of pyridine rings is 1. The zero-order valence-electron chi connectivity index (χ0n) is 15.3. The predicted octanol–water partition coefficient (Wildman–Crippen LogP) is 3.59. The van der Waals surface area contributed by atoms with Gasteiger partial charge in [0.25, 0.3) is 0 Å². The second-order valence-electron chi connectivity index (χ2n) is 6.66. The first-order valence-corrected chi connectivity index (χ1v) is 9.94. The van der Waals surface area contributed by atoms with Crippen LogP contribution in [0.3, 0.4) is 0 Å². The number of anilines is 2. The minimum atomic E-state index is 0.636. The maximum atomic E-state index is 5.48. The second-order valence-corrected chi connectivity index (χ2v) is 7.57. The van der Waals surface area contributed by atoms with Crippen LogP contribution in [0.15, 0.2) is 41.0 Å². The van der Waals surface area contributed by atoms with Crippen LogP contribution in [0.1, 0.15) is 11.1 Å². The molecule has 6 nitrogen and oxygen atoms in total. The van der Waals surface area contributed by atoms with Crippen molar-refractivity contribution >= 4 is 38.7 Å². The smallest absolute Gasteiger partial charge is 0.225 e. The summed E-state index contributed by atoms with van der Waals surface area (Å²) < 4.78 is 6.39. The monoisotopic (exact) mass is 427 g/mol. The number of halogens is 1. The lowest BCUT2D eigenvalue weighted by atomic mass is 10.1. The number of nitrogens with zero attached hydrogens (tertiary/aromatic N) is 4. The number of rotatable bonds is 5. The van der Waals surface area contributed by atoms with Crippen LogP contribution in [-0.2, 0) is 11.2 Å². The number of morpholine rings is 1. The first kappa shape index (κ1) is 18.1. The third kappa shape index (κ3) is 4.36. The van der Waals surface area contributed by atoms with Crippen LogP contribution in [0.5, 0.6) is 0 Å². The Kier molecular flexibility index (Phi) is 5.50. The Hall–Kier alpha value is -2.25. The molecule has 0 aliphatic carbocycles. The molecule has 3 heterocycles. The van der Waals surface area contributed by atoms with Crippen molar-refractivity contribution in [1.29, 1.82) is 0 Å². The molecule has 0 saturated carbocycles. The molecule has 1 fully saturated rings. The number of ether oxygens (including phenoxy) is 1. The number of nitrogens with one attached hydrogen (secondary N) is 1. The van der Waals surface area contributed by atoms with E-state index in [2.05, 4.69) is 67.3 Å². The summed E-state index contributed by atoms with van der Waals surface area (Å²) in [5.74, 6) is 1.51. The Labute approximate surface area is 167 Å². The van der Waals surface area contributed by atoms with Crippen molar-refractivity contribution < 1.29 is 4.74 Å². The van der Waals surface area contributed by atoms with Crippen LogP contribution >= 0.6 is 15.9 Å². The van der Waals surface area contributed by atoms with Crippen molar-refractivity contribution in [3.05, 3.63) is 52.1 Å². The zero-order chi connectivity index (χ0) is 18.6. The van der Waals surface area contributed by atoms with Gasteiger partial charge in [-0.25, -0.2) is 9.97 Å². The summed E-state index contributed by atoms with van der Waals surface area (Å²) in [4.78, 5) is 16.2. The predicted molar refractivity (Wildman–Crippen MR) is 111 cm³/mol. The van der Waals surface area contributed by atoms with Crippen molar-refractivity contribution in [3.8, 4) is 0 Å². The van der Waals surface area contributed by atoms with Gasteiger partial charge >= 0.3 is 0 Å². The highest BCUT2D eigenvalue weighted by Crippen LogP contribution is 2.26. The van der Waals surface area contributed by atoms with E-state index in [1.807, 2.05) is 6.07 Å². The fourth-order valence-corrected chi connectivity index (χ4v) is 3.56. The molecule has 1 aromatic carbocycles. The summed E-state index contributed by atoms with van der Waals surface area (Å²) in [7, 11) is 0. The molecule has 140 valence electrons. The van der Waals surface area contributed by atoms with E-state index in [0.717, 1.165) is 47.4 Å². The fraction of sp³-hybridized carbons (Fsp3) is 0.350. The lowest BCUT2D eigenvalue weighted by molar-refractivity contribution is 0.122. The van der Waals surface area contributed by atoms with Crippen molar-refractivity contribution in [2.75, 3.05) is 43.1 Å². The molecule has 1 N–H and O–H groups in total. The quantitative estimate of drug-likeness (QED) is 0.670. The Balaban J connectivity index is 1.58. The summed E-state index contributed by atoms with van der Waals surface area (Å²) in [6.45, 7) is 5.93. The standard InChI is InChI=1S/C20H22BrN5O/c1-14-3-2-4-15(11-14)5-6-22-20-24-17-12-16(21)13-23-18(17)19(25-20)26-7-9-27-10-8-26/h2-4,11-13H,5-10H2,1H3,(H,22,24,25). The lowest BCUT2D eigenvalue weighted by Crippen LogP contribution is -2.37. The molecule has 1 saturated heterocycles. The molecule has 7 heteroatoms. The molecule has 0 radical (unpaired) electrons. The third-order valence-electron chi connectivity index (χ3n) is 4.57. The number of hydrogen-bond donors (Lipinski definition) is 1. The largest absolute Gasteiger partial charge is 0.378 e. The topological polar surface area (TPSA) is 63.2 Å². The number of benzene rings is 1. The zero-order valence-corrected chi connectivity index (χ0v) is 16.9. The summed E-state index contributed by atoms with van der Waals surface area (Å²) >= 11 is 3.49. The van der Waals surface area contributed by atoms with E-state index in [1.165, 1.54) is 11.1 Å². The highest BCUT2D eigenvalue weighted by Gasteiger charge is 2.18.